The molecule has 8 aromatic rings. The molecule has 0 aliphatic heterocycles. The van der Waals surface area contributed by atoms with E-state index in [0.29, 0.717) is 48.4 Å². The van der Waals surface area contributed by atoms with Crippen molar-refractivity contribution >= 4 is 23.7 Å². The van der Waals surface area contributed by atoms with E-state index in [1.165, 1.54) is 61.3 Å². The fourth-order valence-electron chi connectivity index (χ4n) is 11.9. The molecule has 10 rings (SSSR count). The molecule has 2 aliphatic carbocycles. The van der Waals surface area contributed by atoms with Gasteiger partial charge in [0, 0.05) is 107 Å². The highest BCUT2D eigenvalue weighted by Crippen LogP contribution is 2.47. The van der Waals surface area contributed by atoms with Gasteiger partial charge in [0.1, 0.15) is 41.9 Å². The minimum absolute atomic E-state index is 0.0387. The van der Waals surface area contributed by atoms with E-state index < -0.39 is 59.4 Å². The normalized spacial score (nSPS) is 14.5. The summed E-state index contributed by atoms with van der Waals surface area (Å²) in [5.74, 6) is 1.03. The van der Waals surface area contributed by atoms with E-state index in [1.807, 2.05) is 76.2 Å². The molecule has 500 valence electrons. The lowest BCUT2D eigenvalue weighted by Gasteiger charge is -2.28. The van der Waals surface area contributed by atoms with Crippen LogP contribution in [0.1, 0.15) is 154 Å². The molecule has 0 unspecified atom stereocenters. The van der Waals surface area contributed by atoms with Crippen LogP contribution < -0.4 is 21.7 Å². The lowest BCUT2D eigenvalue weighted by Crippen LogP contribution is -2.50. The number of aromatic nitrogens is 2. The Hall–Kier alpha value is -9.70. The predicted octanol–water partition coefficient (Wildman–Crippen LogP) is 12.1. The molecule has 2 heterocycles. The third kappa shape index (κ3) is 18.4. The van der Waals surface area contributed by atoms with Crippen molar-refractivity contribution in [3.63, 3.8) is 0 Å². The Balaban J connectivity index is 0.000000225. The predicted molar refractivity (Wildman–Crippen MR) is 358 cm³/mol. The van der Waals surface area contributed by atoms with E-state index >= 15 is 0 Å². The molecule has 6 N–H and O–H groups in total. The highest BCUT2D eigenvalue weighted by atomic mass is 19.1. The molecule has 4 atom stereocenters. The molecule has 3 amide bonds. The lowest BCUT2D eigenvalue weighted by atomic mass is 9.98. The van der Waals surface area contributed by atoms with Gasteiger partial charge in [-0.2, -0.15) is 0 Å². The molecule has 2 aliphatic rings. The number of rotatable bonds is 30. The van der Waals surface area contributed by atoms with Crippen molar-refractivity contribution in [3.8, 4) is 47.6 Å². The summed E-state index contributed by atoms with van der Waals surface area (Å²) in [5.41, 5.74) is 11.7. The summed E-state index contributed by atoms with van der Waals surface area (Å²) < 4.78 is 73.5. The highest BCUT2D eigenvalue weighted by molar-refractivity contribution is 6.02. The quantitative estimate of drug-likeness (QED) is 0.0161. The third-order valence-electron chi connectivity index (χ3n) is 17.0. The second-order valence-corrected chi connectivity index (χ2v) is 24.5. The maximum absolute atomic E-state index is 14.2. The molecular formula is C76H80F4N8O8. The number of carbonyl (C=O) groups excluding carboxylic acids is 4. The summed E-state index contributed by atoms with van der Waals surface area (Å²) in [6, 6.07) is 29.3. The van der Waals surface area contributed by atoms with E-state index in [0.717, 1.165) is 85.8 Å². The molecule has 20 heteroatoms. The summed E-state index contributed by atoms with van der Waals surface area (Å²) in [6.45, 7) is 10.4. The van der Waals surface area contributed by atoms with E-state index in [9.17, 15) is 41.8 Å². The van der Waals surface area contributed by atoms with Crippen LogP contribution in [0.4, 0.5) is 17.6 Å². The van der Waals surface area contributed by atoms with Gasteiger partial charge >= 0.3 is 5.97 Å². The van der Waals surface area contributed by atoms with Crippen LogP contribution in [0.2, 0.25) is 0 Å². The van der Waals surface area contributed by atoms with Crippen LogP contribution >= 0.6 is 0 Å². The Morgan fingerprint density at radius 1 is 0.594 bits per heavy atom. The van der Waals surface area contributed by atoms with E-state index in [1.54, 1.807) is 34.1 Å². The maximum Gasteiger partial charge on any atom is 0.338 e. The number of hydrogen-bond acceptors (Lipinski definition) is 13. The maximum atomic E-state index is 14.2. The standard InChI is InChI=1S/2C38H40F2N4O4/c1-4-13-44(14-5-2)36(45)28-20-27(35-42-12-15-47-35)21-29(22-28)37(46)48-34(33(41)19-26-17-31(39)23-32(40)18-26)24-43-38(10-11-38)30-9-7-8-25(6-3)16-30;1-4-13-44(14-5-2)37(47)29-21-27(20-28(22-29)36-41-12-15-48-36)35(46)43-33(19-26-17-31(39)23-32(40)18-26)34(45)24-42-38(10-11-38)30-9-7-8-25(6-3)16-30/h3,7-9,12,15-18,20-23,33-34,43H,4-5,10-11,13-14,19,24,41H2,1-2H3;3,7-9,12,15-18,20-23,33-34,42,45H,4-5,10-11,13-14,19,24H2,1-2H3,(H,43,46)/t2*33-,34+/m00/s1. The minimum atomic E-state index is -1.16. The van der Waals surface area contributed by atoms with Gasteiger partial charge in [-0.15, -0.1) is 12.8 Å². The van der Waals surface area contributed by atoms with Gasteiger partial charge in [0.25, 0.3) is 17.7 Å². The monoisotopic (exact) mass is 1310 g/mol. The zero-order chi connectivity index (χ0) is 68.5. The Morgan fingerprint density at radius 3 is 1.45 bits per heavy atom. The molecule has 96 heavy (non-hydrogen) atoms. The number of hydrogen-bond donors (Lipinski definition) is 5. The number of esters is 1. The second-order valence-electron chi connectivity index (χ2n) is 24.5. The smallest absolute Gasteiger partial charge is 0.338 e. The van der Waals surface area contributed by atoms with Gasteiger partial charge < -0.3 is 50.2 Å². The van der Waals surface area contributed by atoms with Gasteiger partial charge in [-0.05, 0) is 171 Å². The summed E-state index contributed by atoms with van der Waals surface area (Å²) >= 11 is 0. The molecule has 2 fully saturated rings. The van der Waals surface area contributed by atoms with Crippen molar-refractivity contribution in [3.05, 3.63) is 225 Å². The lowest BCUT2D eigenvalue weighted by molar-refractivity contribution is 0.0228. The van der Waals surface area contributed by atoms with Crippen LogP contribution in [0.15, 0.2) is 155 Å². The number of halogens is 4. The Kier molecular flexibility index (Phi) is 24.0. The number of nitrogens with zero attached hydrogens (tertiary/aromatic N) is 4. The average Bonchev–Trinajstić information content (AvgIpc) is 1.61. The molecule has 0 bridgehead atoms. The van der Waals surface area contributed by atoms with Gasteiger partial charge in [-0.1, -0.05) is 63.8 Å². The largest absolute Gasteiger partial charge is 0.456 e. The zero-order valence-corrected chi connectivity index (χ0v) is 54.3. The number of oxazole rings is 2. The molecular weight excluding hydrogens is 1230 g/mol. The highest BCUT2D eigenvalue weighted by Gasteiger charge is 2.46. The SMILES string of the molecule is C#Cc1cccc(C2(NC[C@@H](O)[C@H](Cc3cc(F)cc(F)c3)NC(=O)c3cc(C(=O)N(CCC)CCC)cc(-c4ncco4)c3)CC2)c1.C#Cc1cccc(C2(NC[C@@H](OC(=O)c3cc(C(=O)N(CCC)CCC)cc(-c4ncco4)c3)[C@@H](N)Cc3cc(F)cc(F)c3)CC2)c1. The van der Waals surface area contributed by atoms with Crippen LogP contribution in [0, 0.1) is 48.0 Å². The first kappa shape index (κ1) is 70.6. The van der Waals surface area contributed by atoms with Gasteiger partial charge in [0.05, 0.1) is 30.1 Å². The molecule has 2 saturated carbocycles. The van der Waals surface area contributed by atoms with Crippen molar-refractivity contribution in [1.82, 2.24) is 35.7 Å². The number of amides is 3. The summed E-state index contributed by atoms with van der Waals surface area (Å²) in [6.07, 6.45) is 21.3. The summed E-state index contributed by atoms with van der Waals surface area (Å²) in [4.78, 5) is 67.0. The van der Waals surface area contributed by atoms with Gasteiger partial charge in [-0.3, -0.25) is 14.4 Å². The van der Waals surface area contributed by atoms with Crippen molar-refractivity contribution in [2.75, 3.05) is 39.3 Å². The Bertz CT molecular complexity index is 4030. The number of aliphatic hydroxyl groups excluding tert-OH is 1. The average molecular weight is 1310 g/mol. The van der Waals surface area contributed by atoms with Crippen molar-refractivity contribution < 1.29 is 55.4 Å². The number of terminal acetylenes is 2. The minimum Gasteiger partial charge on any atom is -0.456 e. The van der Waals surface area contributed by atoms with Crippen LogP contribution in [-0.2, 0) is 28.7 Å². The molecule has 6 aromatic carbocycles. The third-order valence-corrected chi connectivity index (χ3v) is 17.0. The second kappa shape index (κ2) is 32.6. The van der Waals surface area contributed by atoms with Crippen molar-refractivity contribution in [1.29, 1.82) is 0 Å². The van der Waals surface area contributed by atoms with Crippen LogP contribution in [0.5, 0.6) is 0 Å². The zero-order valence-electron chi connectivity index (χ0n) is 54.3. The van der Waals surface area contributed by atoms with Crippen molar-refractivity contribution in [2.45, 2.75) is 127 Å². The number of nitrogens with two attached hydrogens (primary N) is 1. The van der Waals surface area contributed by atoms with Crippen LogP contribution in [0.25, 0.3) is 22.9 Å². The fourth-order valence-corrected chi connectivity index (χ4v) is 11.9. The number of nitrogens with one attached hydrogen (secondary N) is 3. The van der Waals surface area contributed by atoms with Crippen molar-refractivity contribution in [2.24, 2.45) is 5.73 Å². The van der Waals surface area contributed by atoms with E-state index in [4.69, 9.17) is 32.2 Å². The molecule has 0 spiro atoms. The summed E-state index contributed by atoms with van der Waals surface area (Å²) in [7, 11) is 0. The topological polar surface area (TPSA) is 218 Å². The molecule has 16 nitrogen and oxygen atoms in total. The fraction of sp³-hybridized carbons (Fsp3) is 0.342. The number of ether oxygens (including phenoxy) is 1. The molecule has 0 saturated heterocycles. The summed E-state index contributed by atoms with van der Waals surface area (Å²) in [5, 5.41) is 21.3. The first-order chi connectivity index (χ1) is 46.3. The van der Waals surface area contributed by atoms with Crippen LogP contribution in [-0.4, -0.2) is 112 Å². The first-order valence-corrected chi connectivity index (χ1v) is 32.5. The van der Waals surface area contributed by atoms with Gasteiger partial charge in [-0.25, -0.2) is 32.3 Å². The molecule has 2 aromatic heterocycles. The van der Waals surface area contributed by atoms with E-state index in [-0.39, 0.29) is 82.9 Å². The van der Waals surface area contributed by atoms with Gasteiger partial charge in [0.2, 0.25) is 11.8 Å². The van der Waals surface area contributed by atoms with Crippen LogP contribution in [0.3, 0.4) is 0 Å². The Labute approximate surface area is 557 Å². The van der Waals surface area contributed by atoms with E-state index in [2.05, 4.69) is 37.8 Å². The number of aliphatic hydroxyl groups is 1. The van der Waals surface area contributed by atoms with Gasteiger partial charge in [0.15, 0.2) is 0 Å². The Morgan fingerprint density at radius 2 is 1.02 bits per heavy atom. The first-order valence-electron chi connectivity index (χ1n) is 32.5. The number of benzene rings is 6. The number of carbonyl (C=O) groups is 4. The molecule has 0 radical (unpaired) electrons.